The van der Waals surface area contributed by atoms with E-state index in [-0.39, 0.29) is 5.75 Å². The number of nitrogens with one attached hydrogen (secondary N) is 1. The molecule has 154 valence electrons. The zero-order valence-corrected chi connectivity index (χ0v) is 16.5. The third-order valence-electron chi connectivity index (χ3n) is 3.80. The fraction of sp³-hybridized carbons (Fsp3) is 0.200. The van der Waals surface area contributed by atoms with Gasteiger partial charge in [0.05, 0.1) is 34.0 Å². The Bertz CT molecular complexity index is 900. The lowest BCUT2D eigenvalue weighted by Gasteiger charge is -2.12. The van der Waals surface area contributed by atoms with Crippen molar-refractivity contribution in [2.45, 2.75) is 0 Å². The molecule has 2 rings (SSSR count). The van der Waals surface area contributed by atoms with Gasteiger partial charge in [-0.15, -0.1) is 0 Å². The van der Waals surface area contributed by atoms with Crippen molar-refractivity contribution in [1.29, 1.82) is 0 Å². The summed E-state index contributed by atoms with van der Waals surface area (Å²) in [4.78, 5) is 23.3. The quantitative estimate of drug-likeness (QED) is 0.652. The predicted molar refractivity (Wildman–Crippen MR) is 107 cm³/mol. The van der Waals surface area contributed by atoms with Crippen LogP contribution in [0.4, 0.5) is 10.5 Å². The predicted octanol–water partition coefficient (Wildman–Crippen LogP) is 2.83. The second-order valence-electron chi connectivity index (χ2n) is 5.55. The van der Waals surface area contributed by atoms with Crippen molar-refractivity contribution in [3.63, 3.8) is 0 Å². The lowest BCUT2D eigenvalue weighted by molar-refractivity contribution is -0.111. The Hall–Kier alpha value is -3.88. The zero-order valence-electron chi connectivity index (χ0n) is 16.5. The Morgan fingerprint density at radius 3 is 2.00 bits per heavy atom. The fourth-order valence-corrected chi connectivity index (χ4v) is 2.48. The number of ether oxygens (including phenoxy) is 5. The molecular weight excluding hydrogens is 380 g/mol. The lowest BCUT2D eigenvalue weighted by Crippen LogP contribution is -2.17. The third kappa shape index (κ3) is 5.55. The normalized spacial score (nSPS) is 10.3. The first-order chi connectivity index (χ1) is 13.9. The maximum absolute atomic E-state index is 12.3. The number of primary amides is 1. The molecule has 0 aliphatic carbocycles. The Morgan fingerprint density at radius 2 is 1.48 bits per heavy atom. The second kappa shape index (κ2) is 9.88. The van der Waals surface area contributed by atoms with E-state index >= 15 is 0 Å². The molecule has 3 N–H and O–H groups in total. The molecule has 0 aliphatic rings. The van der Waals surface area contributed by atoms with Gasteiger partial charge in [-0.2, -0.15) is 0 Å². The van der Waals surface area contributed by atoms with Gasteiger partial charge < -0.3 is 34.7 Å². The van der Waals surface area contributed by atoms with E-state index in [2.05, 4.69) is 5.32 Å². The van der Waals surface area contributed by atoms with Crippen LogP contribution < -0.4 is 34.7 Å². The summed E-state index contributed by atoms with van der Waals surface area (Å²) in [5, 5.41) is 2.65. The highest BCUT2D eigenvalue weighted by atomic mass is 16.6. The van der Waals surface area contributed by atoms with Crippen LogP contribution in [-0.4, -0.2) is 40.4 Å². The van der Waals surface area contributed by atoms with Crippen LogP contribution in [0.5, 0.6) is 28.7 Å². The average molecular weight is 402 g/mol. The monoisotopic (exact) mass is 402 g/mol. The van der Waals surface area contributed by atoms with Gasteiger partial charge in [0.25, 0.3) is 0 Å². The molecule has 0 spiro atoms. The first-order valence-electron chi connectivity index (χ1n) is 8.36. The summed E-state index contributed by atoms with van der Waals surface area (Å²) in [6, 6.07) is 7.90. The number of hydrogen-bond donors (Lipinski definition) is 2. The molecule has 0 fully saturated rings. The standard InChI is InChI=1S/C20H22N2O7/c1-25-13-10-16(27-3)14(17(11-13)28-4)6-8-19(23)22-12-5-7-15(26-2)18(9-12)29-20(21)24/h5-11H,1-4H3,(H2,21,24)(H,22,23)/b8-6+. The van der Waals surface area contributed by atoms with Crippen LogP contribution in [0, 0.1) is 0 Å². The highest BCUT2D eigenvalue weighted by Gasteiger charge is 2.12. The molecule has 0 aromatic heterocycles. The molecule has 9 nitrogen and oxygen atoms in total. The van der Waals surface area contributed by atoms with Crippen LogP contribution in [0.25, 0.3) is 6.08 Å². The Balaban J connectivity index is 2.23. The summed E-state index contributed by atoms with van der Waals surface area (Å²) >= 11 is 0. The molecule has 0 heterocycles. The first kappa shape index (κ1) is 21.4. The highest BCUT2D eigenvalue weighted by molar-refractivity contribution is 6.02. The first-order valence-corrected chi connectivity index (χ1v) is 8.36. The van der Waals surface area contributed by atoms with E-state index < -0.39 is 12.0 Å². The van der Waals surface area contributed by atoms with E-state index in [0.29, 0.717) is 34.2 Å². The Labute approximate surface area is 167 Å². The van der Waals surface area contributed by atoms with Gasteiger partial charge >= 0.3 is 6.09 Å². The van der Waals surface area contributed by atoms with E-state index in [9.17, 15) is 9.59 Å². The molecular formula is C20H22N2O7. The van der Waals surface area contributed by atoms with Gasteiger partial charge in [0.1, 0.15) is 17.2 Å². The van der Waals surface area contributed by atoms with Gasteiger partial charge in [-0.1, -0.05) is 0 Å². The molecule has 0 saturated heterocycles. The van der Waals surface area contributed by atoms with Crippen LogP contribution in [-0.2, 0) is 4.79 Å². The summed E-state index contributed by atoms with van der Waals surface area (Å²) in [6.07, 6.45) is 1.87. The number of methoxy groups -OCH3 is 4. The van der Waals surface area contributed by atoms with Gasteiger partial charge in [-0.3, -0.25) is 4.79 Å². The average Bonchev–Trinajstić information content (AvgIpc) is 2.71. The zero-order chi connectivity index (χ0) is 21.4. The van der Waals surface area contributed by atoms with Crippen molar-refractivity contribution in [3.8, 4) is 28.7 Å². The molecule has 2 aromatic rings. The van der Waals surface area contributed by atoms with Crippen molar-refractivity contribution in [1.82, 2.24) is 0 Å². The fourth-order valence-electron chi connectivity index (χ4n) is 2.48. The number of nitrogens with two attached hydrogens (primary N) is 1. The summed E-state index contributed by atoms with van der Waals surface area (Å²) in [6.45, 7) is 0. The number of rotatable bonds is 8. The van der Waals surface area contributed by atoms with Crippen LogP contribution in [0.2, 0.25) is 0 Å². The summed E-state index contributed by atoms with van der Waals surface area (Å²) in [7, 11) is 5.95. The van der Waals surface area contributed by atoms with Gasteiger partial charge in [0.15, 0.2) is 11.5 Å². The number of anilines is 1. The number of carbonyl (C=O) groups excluding carboxylic acids is 2. The molecule has 29 heavy (non-hydrogen) atoms. The minimum absolute atomic E-state index is 0.0836. The number of amides is 2. The summed E-state index contributed by atoms with van der Waals surface area (Å²) < 4.78 is 25.8. The molecule has 2 amide bonds. The van der Waals surface area contributed by atoms with Crippen LogP contribution in [0.3, 0.4) is 0 Å². The van der Waals surface area contributed by atoms with E-state index in [0.717, 1.165) is 0 Å². The number of hydrogen-bond acceptors (Lipinski definition) is 7. The van der Waals surface area contributed by atoms with E-state index in [1.54, 1.807) is 24.3 Å². The van der Waals surface area contributed by atoms with Gasteiger partial charge in [-0.25, -0.2) is 4.79 Å². The minimum Gasteiger partial charge on any atom is -0.496 e. The van der Waals surface area contributed by atoms with Crippen molar-refractivity contribution >= 4 is 23.8 Å². The second-order valence-corrected chi connectivity index (χ2v) is 5.55. The summed E-state index contributed by atoms with van der Waals surface area (Å²) in [5.41, 5.74) is 5.99. The molecule has 0 saturated carbocycles. The number of benzene rings is 2. The molecule has 0 atom stereocenters. The maximum Gasteiger partial charge on any atom is 0.410 e. The van der Waals surface area contributed by atoms with E-state index in [1.807, 2.05) is 0 Å². The van der Waals surface area contributed by atoms with Crippen LogP contribution in [0.1, 0.15) is 5.56 Å². The Morgan fingerprint density at radius 1 is 0.862 bits per heavy atom. The largest absolute Gasteiger partial charge is 0.496 e. The Kier molecular flexibility index (Phi) is 7.30. The van der Waals surface area contributed by atoms with Crippen LogP contribution in [0.15, 0.2) is 36.4 Å². The van der Waals surface area contributed by atoms with Gasteiger partial charge in [0, 0.05) is 30.0 Å². The van der Waals surface area contributed by atoms with Gasteiger partial charge in [0.2, 0.25) is 5.91 Å². The third-order valence-corrected chi connectivity index (χ3v) is 3.80. The molecule has 0 unspecified atom stereocenters. The van der Waals surface area contributed by atoms with Crippen molar-refractivity contribution in [2.24, 2.45) is 5.73 Å². The van der Waals surface area contributed by atoms with Crippen molar-refractivity contribution in [2.75, 3.05) is 33.8 Å². The molecule has 0 bridgehead atoms. The SMILES string of the molecule is COc1cc(OC)c(/C=C/C(=O)Nc2ccc(OC)c(OC(N)=O)c2)c(OC)c1. The molecule has 2 aromatic carbocycles. The number of carbonyl (C=O) groups is 2. The minimum atomic E-state index is -0.995. The topological polar surface area (TPSA) is 118 Å². The summed E-state index contributed by atoms with van der Waals surface area (Å²) in [5.74, 6) is 1.46. The van der Waals surface area contributed by atoms with E-state index in [1.165, 1.54) is 46.6 Å². The van der Waals surface area contributed by atoms with Crippen molar-refractivity contribution in [3.05, 3.63) is 42.0 Å². The molecule has 9 heteroatoms. The smallest absolute Gasteiger partial charge is 0.410 e. The van der Waals surface area contributed by atoms with Crippen molar-refractivity contribution < 1.29 is 33.3 Å². The van der Waals surface area contributed by atoms with E-state index in [4.69, 9.17) is 29.4 Å². The highest BCUT2D eigenvalue weighted by Crippen LogP contribution is 2.35. The maximum atomic E-state index is 12.3. The van der Waals surface area contributed by atoms with Gasteiger partial charge in [-0.05, 0) is 18.2 Å². The molecule has 0 aliphatic heterocycles. The van der Waals surface area contributed by atoms with Crippen LogP contribution >= 0.6 is 0 Å². The molecule has 0 radical (unpaired) electrons. The lowest BCUT2D eigenvalue weighted by atomic mass is 10.1.